The lowest BCUT2D eigenvalue weighted by Gasteiger charge is -2.26. The lowest BCUT2D eigenvalue weighted by molar-refractivity contribution is 0.0714. The molecule has 31 heavy (non-hydrogen) atoms. The van der Waals surface area contributed by atoms with Crippen molar-refractivity contribution in [1.82, 2.24) is 14.5 Å². The van der Waals surface area contributed by atoms with E-state index in [0.717, 1.165) is 29.7 Å². The number of aromatic nitrogens is 2. The summed E-state index contributed by atoms with van der Waals surface area (Å²) in [7, 11) is 0. The molecular weight excluding hydrogens is 413 g/mol. The van der Waals surface area contributed by atoms with Gasteiger partial charge in [0.2, 0.25) is 0 Å². The van der Waals surface area contributed by atoms with E-state index in [9.17, 15) is 9.18 Å². The van der Waals surface area contributed by atoms with Crippen LogP contribution in [0.3, 0.4) is 0 Å². The summed E-state index contributed by atoms with van der Waals surface area (Å²) >= 11 is 6.30. The number of carbonyl (C=O) groups excluding carboxylic acids is 1. The molecule has 0 aliphatic heterocycles. The molecule has 1 heterocycles. The number of amides is 1. The van der Waals surface area contributed by atoms with E-state index in [1.807, 2.05) is 18.2 Å². The molecule has 0 unspecified atom stereocenters. The third-order valence-electron chi connectivity index (χ3n) is 6.12. The minimum atomic E-state index is -0.358. The van der Waals surface area contributed by atoms with Gasteiger partial charge in [0, 0.05) is 23.2 Å². The number of halogens is 2. The Labute approximate surface area is 188 Å². The van der Waals surface area contributed by atoms with Crippen LogP contribution in [0.2, 0.25) is 5.02 Å². The number of nitrogens with zero attached hydrogens (tertiary/aromatic N) is 3. The van der Waals surface area contributed by atoms with Gasteiger partial charge in [-0.2, -0.15) is 0 Å². The highest BCUT2D eigenvalue weighted by atomic mass is 35.5. The lowest BCUT2D eigenvalue weighted by atomic mass is 10.1. The van der Waals surface area contributed by atoms with Crippen molar-refractivity contribution >= 4 is 28.5 Å². The summed E-state index contributed by atoms with van der Waals surface area (Å²) in [4.78, 5) is 20.2. The molecule has 0 atom stereocenters. The molecule has 1 aromatic heterocycles. The van der Waals surface area contributed by atoms with Gasteiger partial charge in [0.25, 0.3) is 5.91 Å². The topological polar surface area (TPSA) is 38.1 Å². The Bertz CT molecular complexity index is 1100. The largest absolute Gasteiger partial charge is 0.331 e. The fraction of sp³-hybridized carbons (Fsp3) is 0.440. The van der Waals surface area contributed by atoms with E-state index < -0.39 is 0 Å². The first-order valence-electron chi connectivity index (χ1n) is 11.1. The van der Waals surface area contributed by atoms with Crippen LogP contribution in [0.25, 0.3) is 11.0 Å². The van der Waals surface area contributed by atoms with Crippen LogP contribution in [0, 0.1) is 18.7 Å². The maximum Gasteiger partial charge on any atom is 0.254 e. The molecular formula is C25H29ClFN3O. The smallest absolute Gasteiger partial charge is 0.254 e. The Morgan fingerprint density at radius 3 is 2.71 bits per heavy atom. The van der Waals surface area contributed by atoms with Crippen LogP contribution in [-0.4, -0.2) is 26.9 Å². The van der Waals surface area contributed by atoms with Crippen LogP contribution in [0.4, 0.5) is 4.39 Å². The third-order valence-corrected chi connectivity index (χ3v) is 6.35. The van der Waals surface area contributed by atoms with Crippen molar-refractivity contribution in [2.45, 2.75) is 59.0 Å². The second kappa shape index (κ2) is 8.99. The van der Waals surface area contributed by atoms with E-state index in [4.69, 9.17) is 16.6 Å². The minimum absolute atomic E-state index is 0.159. The van der Waals surface area contributed by atoms with Crippen molar-refractivity contribution in [3.8, 4) is 0 Å². The van der Waals surface area contributed by atoms with Gasteiger partial charge in [0.15, 0.2) is 0 Å². The summed E-state index contributed by atoms with van der Waals surface area (Å²) in [6.45, 7) is 6.78. The molecule has 164 valence electrons. The molecule has 4 nitrogen and oxygen atoms in total. The van der Waals surface area contributed by atoms with Crippen LogP contribution < -0.4 is 0 Å². The molecule has 2 aromatic carbocycles. The Balaban J connectivity index is 1.75. The Hall–Kier alpha value is -2.40. The molecule has 1 fully saturated rings. The highest BCUT2D eigenvalue weighted by molar-refractivity contribution is 6.31. The summed E-state index contributed by atoms with van der Waals surface area (Å²) in [5, 5.41) is 0.684. The van der Waals surface area contributed by atoms with Gasteiger partial charge in [-0.1, -0.05) is 44.4 Å². The Kier molecular flexibility index (Phi) is 6.33. The highest BCUT2D eigenvalue weighted by Crippen LogP contribution is 2.35. The van der Waals surface area contributed by atoms with Crippen molar-refractivity contribution in [1.29, 1.82) is 0 Å². The summed E-state index contributed by atoms with van der Waals surface area (Å²) in [5.41, 5.74) is 2.71. The van der Waals surface area contributed by atoms with E-state index >= 15 is 0 Å². The van der Waals surface area contributed by atoms with Gasteiger partial charge in [-0.05, 0) is 61.6 Å². The van der Waals surface area contributed by atoms with Crippen molar-refractivity contribution in [2.24, 2.45) is 5.92 Å². The standard InChI is InChI=1S/C25H29ClFN3O/c1-16(2)14-29(25(31)20-9-6-10-21(27)17(20)3)15-24-28-22-12-11-18(26)13-23(22)30(24)19-7-4-5-8-19/h6,9-13,16,19H,4-5,7-8,14-15H2,1-3H3. The Morgan fingerprint density at radius 2 is 2.00 bits per heavy atom. The summed E-state index contributed by atoms with van der Waals surface area (Å²) in [5.74, 6) is 0.626. The van der Waals surface area contributed by atoms with E-state index in [1.165, 1.54) is 18.9 Å². The van der Waals surface area contributed by atoms with Gasteiger partial charge in [-0.3, -0.25) is 4.79 Å². The van der Waals surface area contributed by atoms with Crippen molar-refractivity contribution < 1.29 is 9.18 Å². The zero-order valence-electron chi connectivity index (χ0n) is 18.4. The van der Waals surface area contributed by atoms with E-state index in [0.29, 0.717) is 35.3 Å². The maximum absolute atomic E-state index is 14.1. The number of carbonyl (C=O) groups is 1. The zero-order chi connectivity index (χ0) is 22.1. The first-order valence-corrected chi connectivity index (χ1v) is 11.4. The summed E-state index contributed by atoms with van der Waals surface area (Å²) in [6.07, 6.45) is 4.60. The number of hydrogen-bond donors (Lipinski definition) is 0. The van der Waals surface area contributed by atoms with Gasteiger partial charge in [-0.15, -0.1) is 0 Å². The molecule has 0 spiro atoms. The molecule has 0 N–H and O–H groups in total. The summed E-state index contributed by atoms with van der Waals surface area (Å²) < 4.78 is 16.4. The van der Waals surface area contributed by atoms with Crippen LogP contribution >= 0.6 is 11.6 Å². The first kappa shape index (κ1) is 21.8. The first-order chi connectivity index (χ1) is 14.8. The highest BCUT2D eigenvalue weighted by Gasteiger charge is 2.26. The molecule has 3 aromatic rings. The van der Waals surface area contributed by atoms with Crippen molar-refractivity contribution in [3.63, 3.8) is 0 Å². The number of fused-ring (bicyclic) bond motifs is 1. The molecule has 0 radical (unpaired) electrons. The van der Waals surface area contributed by atoms with E-state index in [2.05, 4.69) is 18.4 Å². The molecule has 0 bridgehead atoms. The molecule has 1 aliphatic rings. The molecule has 6 heteroatoms. The fourth-order valence-electron chi connectivity index (χ4n) is 4.64. The van der Waals surface area contributed by atoms with Gasteiger partial charge in [0.1, 0.15) is 11.6 Å². The quantitative estimate of drug-likeness (QED) is 0.435. The van der Waals surface area contributed by atoms with Gasteiger partial charge in [-0.25, -0.2) is 9.37 Å². The monoisotopic (exact) mass is 441 g/mol. The fourth-order valence-corrected chi connectivity index (χ4v) is 4.80. The predicted molar refractivity (Wildman–Crippen MR) is 123 cm³/mol. The number of benzene rings is 2. The van der Waals surface area contributed by atoms with Gasteiger partial charge < -0.3 is 9.47 Å². The van der Waals surface area contributed by atoms with Gasteiger partial charge in [0.05, 0.1) is 17.6 Å². The van der Waals surface area contributed by atoms with Crippen molar-refractivity contribution in [2.75, 3.05) is 6.54 Å². The van der Waals surface area contributed by atoms with E-state index in [-0.39, 0.29) is 17.6 Å². The molecule has 1 amide bonds. The Morgan fingerprint density at radius 1 is 1.26 bits per heavy atom. The number of imidazole rings is 1. The van der Waals surface area contributed by atoms with Crippen molar-refractivity contribution in [3.05, 3.63) is 64.2 Å². The van der Waals surface area contributed by atoms with Crippen LogP contribution in [0.5, 0.6) is 0 Å². The SMILES string of the molecule is Cc1c(F)cccc1C(=O)N(Cc1nc2ccc(Cl)cc2n1C1CCCC1)CC(C)C. The van der Waals surface area contributed by atoms with Gasteiger partial charge >= 0.3 is 0 Å². The average Bonchev–Trinajstić information content (AvgIpc) is 3.36. The van der Waals surface area contributed by atoms with Crippen LogP contribution in [0.15, 0.2) is 36.4 Å². The molecule has 1 saturated carbocycles. The maximum atomic E-state index is 14.1. The zero-order valence-corrected chi connectivity index (χ0v) is 19.1. The van der Waals surface area contributed by atoms with Crippen LogP contribution in [-0.2, 0) is 6.54 Å². The second-order valence-corrected chi connectivity index (χ2v) is 9.40. The number of rotatable bonds is 6. The van der Waals surface area contributed by atoms with E-state index in [1.54, 1.807) is 24.0 Å². The minimum Gasteiger partial charge on any atom is -0.331 e. The molecule has 1 aliphatic carbocycles. The number of hydrogen-bond acceptors (Lipinski definition) is 2. The average molecular weight is 442 g/mol. The van der Waals surface area contributed by atoms with Crippen LogP contribution in [0.1, 0.15) is 67.3 Å². The second-order valence-electron chi connectivity index (χ2n) is 8.96. The summed E-state index contributed by atoms with van der Waals surface area (Å²) in [6, 6.07) is 10.8. The predicted octanol–water partition coefficient (Wildman–Crippen LogP) is 6.55. The normalized spacial score (nSPS) is 14.6. The molecule has 0 saturated heterocycles. The lowest BCUT2D eigenvalue weighted by Crippen LogP contribution is -2.35. The molecule has 4 rings (SSSR count). The third kappa shape index (κ3) is 4.47.